The molecule has 3 aromatic rings. The van der Waals surface area contributed by atoms with E-state index in [-0.39, 0.29) is 16.0 Å². The van der Waals surface area contributed by atoms with Crippen molar-refractivity contribution in [1.82, 2.24) is 9.55 Å². The molecule has 0 radical (unpaired) electrons. The Morgan fingerprint density at radius 3 is 1.94 bits per heavy atom. The number of aromatic amines is 1. The van der Waals surface area contributed by atoms with E-state index < -0.39 is 40.7 Å². The maximum atomic E-state index is 14.2. The summed E-state index contributed by atoms with van der Waals surface area (Å²) < 4.78 is 85.9. The maximum absolute atomic E-state index is 14.2. The van der Waals surface area contributed by atoms with Crippen molar-refractivity contribution in [2.24, 2.45) is 4.99 Å². The van der Waals surface area contributed by atoms with Crippen LogP contribution in [0.5, 0.6) is 0 Å². The predicted molar refractivity (Wildman–Crippen MR) is 108 cm³/mol. The van der Waals surface area contributed by atoms with E-state index >= 15 is 0 Å². The monoisotopic (exact) mass is 470 g/mol. The largest absolute Gasteiger partial charge is 0.427 e. The molecule has 1 aliphatic rings. The molecule has 0 atom stereocenters. The summed E-state index contributed by atoms with van der Waals surface area (Å²) >= 11 is 5.09. The highest BCUT2D eigenvalue weighted by atomic mass is 32.1. The van der Waals surface area contributed by atoms with Crippen molar-refractivity contribution < 1.29 is 26.3 Å². The third kappa shape index (κ3) is 3.22. The van der Waals surface area contributed by atoms with Crippen molar-refractivity contribution >= 4 is 23.9 Å². The number of alkyl halides is 6. The van der Waals surface area contributed by atoms with Gasteiger partial charge in [0.25, 0.3) is 11.1 Å². The van der Waals surface area contributed by atoms with Crippen LogP contribution < -0.4 is 10.9 Å². The number of H-pyrrole nitrogens is 1. The molecule has 166 valence electrons. The molecule has 32 heavy (non-hydrogen) atoms. The number of fused-ring (bicyclic) bond motifs is 1. The summed E-state index contributed by atoms with van der Waals surface area (Å²) in [5.74, 6) is -1.48. The molecule has 1 aliphatic heterocycles. The van der Waals surface area contributed by atoms with Crippen LogP contribution in [0.4, 0.5) is 32.2 Å². The molecule has 0 bridgehead atoms. The lowest BCUT2D eigenvalue weighted by Gasteiger charge is -2.38. The first kappa shape index (κ1) is 21.8. The molecule has 0 spiro atoms. The van der Waals surface area contributed by atoms with Crippen molar-refractivity contribution in [1.29, 1.82) is 0 Å². The second-order valence-corrected chi connectivity index (χ2v) is 7.20. The summed E-state index contributed by atoms with van der Waals surface area (Å²) in [4.78, 5) is 17.6. The van der Waals surface area contributed by atoms with E-state index in [2.05, 4.69) is 10.3 Å². The fourth-order valence-corrected chi connectivity index (χ4v) is 3.77. The number of aliphatic imine (C=N–C) groups is 1. The Balaban J connectivity index is 2.19. The number of para-hydroxylation sites is 1. The van der Waals surface area contributed by atoms with Crippen molar-refractivity contribution in [3.05, 3.63) is 86.9 Å². The number of hydrogen-bond donors (Lipinski definition) is 2. The molecule has 12 heteroatoms. The fraction of sp³-hybridized carbons (Fsp3) is 0.150. The second kappa shape index (κ2) is 7.33. The number of nitrogens with one attached hydrogen (secondary N) is 2. The Kier molecular flexibility index (Phi) is 4.99. The van der Waals surface area contributed by atoms with Gasteiger partial charge in [-0.3, -0.25) is 14.3 Å². The first-order valence-corrected chi connectivity index (χ1v) is 9.39. The van der Waals surface area contributed by atoms with Crippen LogP contribution in [0.15, 0.2) is 70.5 Å². The van der Waals surface area contributed by atoms with Gasteiger partial charge in [-0.25, -0.2) is 4.99 Å². The van der Waals surface area contributed by atoms with Crippen LogP contribution in [0.1, 0.15) is 11.1 Å². The number of halogens is 6. The summed E-state index contributed by atoms with van der Waals surface area (Å²) in [6, 6.07) is 14.5. The summed E-state index contributed by atoms with van der Waals surface area (Å²) in [5, 5.41) is 2.49. The fourth-order valence-electron chi connectivity index (χ4n) is 3.48. The number of rotatable bonds is 2. The van der Waals surface area contributed by atoms with Gasteiger partial charge in [0.05, 0.1) is 0 Å². The molecule has 0 aliphatic carbocycles. The topological polar surface area (TPSA) is 62.2 Å². The first-order valence-electron chi connectivity index (χ1n) is 8.98. The molecule has 2 aromatic carbocycles. The minimum absolute atomic E-state index is 0.0400. The lowest BCUT2D eigenvalue weighted by atomic mass is 9.87. The van der Waals surface area contributed by atoms with Gasteiger partial charge in [0.15, 0.2) is 4.77 Å². The zero-order valence-corrected chi connectivity index (χ0v) is 16.6. The van der Waals surface area contributed by atoms with Gasteiger partial charge in [0.1, 0.15) is 17.2 Å². The van der Waals surface area contributed by atoms with Crippen LogP contribution in [0, 0.1) is 4.77 Å². The smallest absolute Gasteiger partial charge is 0.325 e. The third-order valence-corrected chi connectivity index (χ3v) is 5.16. The van der Waals surface area contributed by atoms with Crippen LogP contribution >= 0.6 is 12.2 Å². The third-order valence-electron chi connectivity index (χ3n) is 4.87. The van der Waals surface area contributed by atoms with E-state index in [9.17, 15) is 31.1 Å². The average Bonchev–Trinajstić information content (AvgIpc) is 2.72. The maximum Gasteiger partial charge on any atom is 0.427 e. The number of anilines is 1. The summed E-state index contributed by atoms with van der Waals surface area (Å²) in [6.45, 7) is 0. The number of nitrogens with zero attached hydrogens (tertiary/aromatic N) is 2. The molecule has 4 rings (SSSR count). The van der Waals surface area contributed by atoms with E-state index in [0.29, 0.717) is 0 Å². The van der Waals surface area contributed by atoms with Crippen LogP contribution in [0.25, 0.3) is 5.69 Å². The SMILES string of the molecule is O=c1[nH]c(=S)n(-c2ccccc2)c2c1C(C(F)(F)F)(C(F)(F)F)N=C(c1ccccc1)N2. The van der Waals surface area contributed by atoms with Gasteiger partial charge in [-0.2, -0.15) is 26.3 Å². The van der Waals surface area contributed by atoms with Gasteiger partial charge < -0.3 is 5.32 Å². The van der Waals surface area contributed by atoms with E-state index in [4.69, 9.17) is 12.2 Å². The van der Waals surface area contributed by atoms with Gasteiger partial charge in [-0.1, -0.05) is 48.5 Å². The van der Waals surface area contributed by atoms with Gasteiger partial charge in [-0.05, 0) is 24.4 Å². The molecular formula is C20H12F6N4OS. The number of hydrogen-bond acceptors (Lipinski definition) is 4. The van der Waals surface area contributed by atoms with Gasteiger partial charge in [0.2, 0.25) is 0 Å². The second-order valence-electron chi connectivity index (χ2n) is 6.81. The predicted octanol–water partition coefficient (Wildman–Crippen LogP) is 5.09. The van der Waals surface area contributed by atoms with Gasteiger partial charge >= 0.3 is 12.4 Å². The molecule has 0 fully saturated rings. The van der Waals surface area contributed by atoms with Crippen LogP contribution in [-0.2, 0) is 5.54 Å². The first-order chi connectivity index (χ1) is 15.0. The van der Waals surface area contributed by atoms with Crippen molar-refractivity contribution in [3.63, 3.8) is 0 Å². The lowest BCUT2D eigenvalue weighted by Crippen LogP contribution is -2.58. The van der Waals surface area contributed by atoms with E-state index in [1.165, 1.54) is 54.6 Å². The highest BCUT2D eigenvalue weighted by Gasteiger charge is 2.75. The molecule has 5 nitrogen and oxygen atoms in total. The summed E-state index contributed by atoms with van der Waals surface area (Å²) in [6.07, 6.45) is -12.0. The molecule has 0 saturated carbocycles. The van der Waals surface area contributed by atoms with Gasteiger partial charge in [0, 0.05) is 11.3 Å². The van der Waals surface area contributed by atoms with E-state index in [1.54, 1.807) is 6.07 Å². The summed E-state index contributed by atoms with van der Waals surface area (Å²) in [7, 11) is 0. The summed E-state index contributed by atoms with van der Waals surface area (Å²) in [5.41, 5.74) is -8.00. The van der Waals surface area contributed by atoms with Crippen LogP contribution in [0.2, 0.25) is 0 Å². The standard InChI is InChI=1S/C20H12F6N4OS/c21-19(22,23)18(20(24,25)26)13-15(27-14(29-18)11-7-3-1-4-8-11)30(17(32)28-16(13)31)12-9-5-2-6-10-12/h1-10H,(H,27,29)(H,28,31,32). The molecule has 1 aromatic heterocycles. The Morgan fingerprint density at radius 1 is 0.875 bits per heavy atom. The molecule has 0 amide bonds. The molecule has 0 saturated heterocycles. The Morgan fingerprint density at radius 2 is 1.41 bits per heavy atom. The lowest BCUT2D eigenvalue weighted by molar-refractivity contribution is -0.301. The molecule has 2 N–H and O–H groups in total. The number of benzene rings is 2. The van der Waals surface area contributed by atoms with E-state index in [0.717, 1.165) is 4.57 Å². The van der Waals surface area contributed by atoms with Crippen LogP contribution in [0.3, 0.4) is 0 Å². The highest BCUT2D eigenvalue weighted by Crippen LogP contribution is 2.55. The van der Waals surface area contributed by atoms with Crippen molar-refractivity contribution in [2.75, 3.05) is 5.32 Å². The number of amidine groups is 1. The van der Waals surface area contributed by atoms with E-state index in [1.807, 2.05) is 4.98 Å². The van der Waals surface area contributed by atoms with Crippen LogP contribution in [-0.4, -0.2) is 27.7 Å². The van der Waals surface area contributed by atoms with Crippen molar-refractivity contribution in [3.8, 4) is 5.69 Å². The minimum atomic E-state index is -5.99. The normalized spacial score (nSPS) is 15.5. The van der Waals surface area contributed by atoms with Gasteiger partial charge in [-0.15, -0.1) is 0 Å². The minimum Gasteiger partial charge on any atom is -0.325 e. The Hall–Kier alpha value is -3.41. The molecular weight excluding hydrogens is 458 g/mol. The highest BCUT2D eigenvalue weighted by molar-refractivity contribution is 7.71. The average molecular weight is 470 g/mol. The Bertz CT molecular complexity index is 1300. The quantitative estimate of drug-likeness (QED) is 0.405. The molecule has 0 unspecified atom stereocenters. The zero-order chi connectivity index (χ0) is 23.3. The van der Waals surface area contributed by atoms with Crippen molar-refractivity contribution in [2.45, 2.75) is 17.9 Å². The Labute approximate surface area is 181 Å². The zero-order valence-electron chi connectivity index (χ0n) is 15.8. The number of aromatic nitrogens is 2. The molecule has 2 heterocycles.